The molecule has 4 heteroatoms. The van der Waals surface area contributed by atoms with E-state index in [2.05, 4.69) is 6.92 Å². The lowest BCUT2D eigenvalue weighted by Crippen LogP contribution is -2.10. The minimum atomic E-state index is -0.851. The van der Waals surface area contributed by atoms with Crippen LogP contribution in [0.25, 0.3) is 0 Å². The first kappa shape index (κ1) is 11.3. The van der Waals surface area contributed by atoms with Gasteiger partial charge in [0, 0.05) is 11.5 Å². The van der Waals surface area contributed by atoms with Gasteiger partial charge in [0.2, 0.25) is 0 Å². The molecule has 1 aromatic carbocycles. The highest BCUT2D eigenvalue weighted by molar-refractivity contribution is 6.32. The van der Waals surface area contributed by atoms with Gasteiger partial charge < -0.3 is 9.84 Å². The second-order valence-electron chi connectivity index (χ2n) is 4.18. The summed E-state index contributed by atoms with van der Waals surface area (Å²) in [7, 11) is 0. The summed E-state index contributed by atoms with van der Waals surface area (Å²) in [6, 6.07) is 3.54. The highest BCUT2D eigenvalue weighted by Gasteiger charge is 2.29. The Morgan fingerprint density at radius 3 is 2.81 bits per heavy atom. The largest absolute Gasteiger partial charge is 0.488 e. The number of carbonyl (C=O) groups is 1. The average Bonchev–Trinajstić information content (AvgIpc) is 2.45. The lowest BCUT2D eigenvalue weighted by Gasteiger charge is -2.07. The first-order valence-electron chi connectivity index (χ1n) is 5.20. The van der Waals surface area contributed by atoms with Gasteiger partial charge in [0.25, 0.3) is 0 Å². The Kier molecular flexibility index (Phi) is 2.80. The van der Waals surface area contributed by atoms with Crippen molar-refractivity contribution in [2.45, 2.75) is 32.3 Å². The molecule has 1 N–H and O–H groups in total. The number of aliphatic carboxylic acids is 1. The summed E-state index contributed by atoms with van der Waals surface area (Å²) >= 11 is 6.07. The normalized spacial score (nSPS) is 22.7. The third-order valence-corrected chi connectivity index (χ3v) is 3.27. The van der Waals surface area contributed by atoms with Crippen molar-refractivity contribution in [2.24, 2.45) is 0 Å². The number of carboxylic acids is 1. The lowest BCUT2D eigenvalue weighted by atomic mass is 9.96. The van der Waals surface area contributed by atoms with Crippen molar-refractivity contribution in [1.82, 2.24) is 0 Å². The number of carboxylic acid groups (broad SMARTS) is 1. The molecule has 86 valence electrons. The van der Waals surface area contributed by atoms with Gasteiger partial charge in [-0.1, -0.05) is 24.6 Å². The van der Waals surface area contributed by atoms with Gasteiger partial charge in [0.05, 0.1) is 11.4 Å². The molecule has 1 heterocycles. The van der Waals surface area contributed by atoms with E-state index in [4.69, 9.17) is 21.4 Å². The van der Waals surface area contributed by atoms with Crippen molar-refractivity contribution >= 4 is 17.6 Å². The summed E-state index contributed by atoms with van der Waals surface area (Å²) in [5.41, 5.74) is 1.73. The second kappa shape index (κ2) is 3.98. The lowest BCUT2D eigenvalue weighted by molar-refractivity contribution is -0.136. The Labute approximate surface area is 99.0 Å². The van der Waals surface area contributed by atoms with E-state index in [1.54, 1.807) is 6.07 Å². The molecule has 0 saturated heterocycles. The number of ether oxygens (including phenoxy) is 1. The zero-order valence-electron chi connectivity index (χ0n) is 9.16. The van der Waals surface area contributed by atoms with Crippen LogP contribution in [0.15, 0.2) is 12.1 Å². The molecule has 1 aliphatic rings. The van der Waals surface area contributed by atoms with Crippen molar-refractivity contribution in [2.75, 3.05) is 0 Å². The molecule has 2 atom stereocenters. The maximum atomic E-state index is 10.7. The van der Waals surface area contributed by atoms with Crippen LogP contribution in [-0.2, 0) is 11.2 Å². The van der Waals surface area contributed by atoms with Gasteiger partial charge in [0.15, 0.2) is 0 Å². The van der Waals surface area contributed by atoms with Crippen LogP contribution >= 0.6 is 11.6 Å². The Hall–Kier alpha value is -1.22. The molecular formula is C12H13ClO3. The third-order valence-electron chi connectivity index (χ3n) is 2.99. The number of hydrogen-bond donors (Lipinski definition) is 1. The highest BCUT2D eigenvalue weighted by Crippen LogP contribution is 2.43. The smallest absolute Gasteiger partial charge is 0.307 e. The van der Waals surface area contributed by atoms with Crippen LogP contribution in [0.4, 0.5) is 0 Å². The van der Waals surface area contributed by atoms with Gasteiger partial charge in [-0.15, -0.1) is 0 Å². The topological polar surface area (TPSA) is 46.5 Å². The summed E-state index contributed by atoms with van der Waals surface area (Å²) < 4.78 is 5.63. The van der Waals surface area contributed by atoms with E-state index < -0.39 is 5.97 Å². The van der Waals surface area contributed by atoms with Crippen LogP contribution in [-0.4, -0.2) is 17.2 Å². The van der Waals surface area contributed by atoms with Gasteiger partial charge in [-0.2, -0.15) is 0 Å². The zero-order chi connectivity index (χ0) is 11.9. The van der Waals surface area contributed by atoms with Gasteiger partial charge in [-0.05, 0) is 18.6 Å². The first-order valence-corrected chi connectivity index (χ1v) is 5.57. The molecule has 0 amide bonds. The van der Waals surface area contributed by atoms with Crippen molar-refractivity contribution in [1.29, 1.82) is 0 Å². The van der Waals surface area contributed by atoms with Gasteiger partial charge in [0.1, 0.15) is 11.9 Å². The van der Waals surface area contributed by atoms with Gasteiger partial charge in [-0.25, -0.2) is 0 Å². The monoisotopic (exact) mass is 240 g/mol. The van der Waals surface area contributed by atoms with Crippen LogP contribution in [0.5, 0.6) is 5.75 Å². The van der Waals surface area contributed by atoms with Crippen molar-refractivity contribution < 1.29 is 14.6 Å². The Bertz CT molecular complexity index is 442. The summed E-state index contributed by atoms with van der Waals surface area (Å²) in [5, 5.41) is 9.25. The molecule has 0 fully saturated rings. The number of halogens is 1. The molecule has 0 aromatic heterocycles. The Morgan fingerprint density at radius 1 is 1.50 bits per heavy atom. The van der Waals surface area contributed by atoms with Crippen LogP contribution in [0, 0.1) is 0 Å². The molecular weight excluding hydrogens is 228 g/mol. The molecule has 2 unspecified atom stereocenters. The van der Waals surface area contributed by atoms with E-state index in [-0.39, 0.29) is 18.4 Å². The zero-order valence-corrected chi connectivity index (χ0v) is 9.91. The molecule has 1 aromatic rings. The maximum Gasteiger partial charge on any atom is 0.307 e. The number of rotatable bonds is 2. The number of fused-ring (bicyclic) bond motifs is 1. The summed E-state index contributed by atoms with van der Waals surface area (Å²) in [4.78, 5) is 10.7. The molecule has 0 spiro atoms. The minimum absolute atomic E-state index is 0.00585. The van der Waals surface area contributed by atoms with E-state index in [9.17, 15) is 4.79 Å². The Morgan fingerprint density at radius 2 is 2.19 bits per heavy atom. The molecule has 0 radical (unpaired) electrons. The quantitative estimate of drug-likeness (QED) is 0.865. The Balaban J connectivity index is 2.42. The molecule has 2 rings (SSSR count). The molecule has 1 aliphatic heterocycles. The van der Waals surface area contributed by atoms with Gasteiger partial charge >= 0.3 is 5.97 Å². The van der Waals surface area contributed by atoms with E-state index in [1.807, 2.05) is 13.0 Å². The van der Waals surface area contributed by atoms with Crippen LogP contribution < -0.4 is 4.74 Å². The summed E-state index contributed by atoms with van der Waals surface area (Å²) in [6.07, 6.45) is 0.0845. The van der Waals surface area contributed by atoms with E-state index in [0.29, 0.717) is 10.8 Å². The second-order valence-corrected chi connectivity index (χ2v) is 4.59. The fourth-order valence-electron chi connectivity index (χ4n) is 1.95. The average molecular weight is 241 g/mol. The maximum absolute atomic E-state index is 10.7. The fraction of sp³-hybridized carbons (Fsp3) is 0.417. The van der Waals surface area contributed by atoms with E-state index >= 15 is 0 Å². The van der Waals surface area contributed by atoms with Gasteiger partial charge in [-0.3, -0.25) is 4.79 Å². The van der Waals surface area contributed by atoms with Crippen LogP contribution in [0.1, 0.15) is 30.9 Å². The molecule has 0 saturated carbocycles. The highest BCUT2D eigenvalue weighted by atomic mass is 35.5. The third kappa shape index (κ3) is 1.87. The van der Waals surface area contributed by atoms with Crippen molar-refractivity contribution in [3.63, 3.8) is 0 Å². The SMILES string of the molecule is CC1Oc2c(Cl)cc(CC(=O)O)cc2C1C. The summed E-state index contributed by atoms with van der Waals surface area (Å²) in [5.74, 6) is 0.104. The molecule has 0 bridgehead atoms. The molecule has 16 heavy (non-hydrogen) atoms. The van der Waals surface area contributed by atoms with Crippen molar-refractivity contribution in [3.8, 4) is 5.75 Å². The van der Waals surface area contributed by atoms with Crippen LogP contribution in [0.3, 0.4) is 0 Å². The van der Waals surface area contributed by atoms with Crippen molar-refractivity contribution in [3.05, 3.63) is 28.3 Å². The number of hydrogen-bond acceptors (Lipinski definition) is 2. The molecule has 3 nitrogen and oxygen atoms in total. The van der Waals surface area contributed by atoms with E-state index in [0.717, 1.165) is 11.1 Å². The van der Waals surface area contributed by atoms with E-state index in [1.165, 1.54) is 0 Å². The standard InChI is InChI=1S/C12H13ClO3/c1-6-7(2)16-12-9(6)3-8(4-10(12)13)5-11(14)15/h3-4,6-7H,5H2,1-2H3,(H,14,15). The predicted octanol–water partition coefficient (Wildman–Crippen LogP) is 2.85. The first-order chi connectivity index (χ1) is 7.49. The van der Waals surface area contributed by atoms with Crippen LogP contribution in [0.2, 0.25) is 5.02 Å². The molecule has 0 aliphatic carbocycles. The number of benzene rings is 1. The predicted molar refractivity (Wildman–Crippen MR) is 61.3 cm³/mol. The summed E-state index contributed by atoms with van der Waals surface area (Å²) in [6.45, 7) is 4.04. The minimum Gasteiger partial charge on any atom is -0.488 e. The fourth-order valence-corrected chi connectivity index (χ4v) is 2.25.